The predicted octanol–water partition coefficient (Wildman–Crippen LogP) is 16.3. The Hall–Kier alpha value is -12.8. The molecule has 12 atom stereocenters. The number of carbonyl (C=O) groups excluding carboxylic acids is 8. The van der Waals surface area contributed by atoms with E-state index in [1.165, 1.54) is 51.8 Å². The lowest BCUT2D eigenvalue weighted by Gasteiger charge is -2.38. The van der Waals surface area contributed by atoms with Crippen molar-refractivity contribution in [1.82, 2.24) is 45.8 Å². The van der Waals surface area contributed by atoms with E-state index in [2.05, 4.69) is 47.1 Å². The molecule has 704 valence electrons. The standard InChI is InChI=1S/2C38H44FN3O5.C33H36FN3O3/c2*1-5-11-31-22-32(46-25-27-12-7-6-8-13-27)24-41(31)36(44)33(20-26-16-18-30(39)19-17-26)40-35(43)34-21-28-14-9-10-15-29(28)23-42(34)37(45)47-38(2,3)4;1-2-8-28-19-29(40-22-24-9-4-3-5-10-24)21-37(28)33(39)31(17-23-13-15-27(34)16-14-23)36-32(38)30-18-25-11-6-7-12-26(25)20-35-30/h2*5-10,12-19,31-34H,1,11,20-25H2,2-4H3,(H,40,43);2-7,9-16,28-31,35H,1,8,17-22H2,(H,36,38)/t2*31-,32+,33+,34?;28-,29+,30?,31+/m000/s1. The van der Waals surface area contributed by atoms with Gasteiger partial charge in [-0.05, 0) is 190 Å². The van der Waals surface area contributed by atoms with Crippen LogP contribution in [-0.4, -0.2) is 176 Å². The van der Waals surface area contributed by atoms with E-state index in [-0.39, 0.29) is 111 Å². The van der Waals surface area contributed by atoms with E-state index in [1.807, 2.05) is 169 Å². The van der Waals surface area contributed by atoms with Gasteiger partial charge in [0.15, 0.2) is 0 Å². The molecular weight excluding hydrogens is 1700 g/mol. The van der Waals surface area contributed by atoms with Gasteiger partial charge in [-0.15, -0.1) is 19.7 Å². The van der Waals surface area contributed by atoms with Gasteiger partial charge >= 0.3 is 12.2 Å². The van der Waals surface area contributed by atoms with Gasteiger partial charge in [0.25, 0.3) is 0 Å². The fourth-order valence-corrected chi connectivity index (χ4v) is 18.2. The van der Waals surface area contributed by atoms with Gasteiger partial charge in [-0.1, -0.05) is 218 Å². The molecule has 9 aromatic carbocycles. The molecule has 0 saturated carbocycles. The third-order valence-corrected chi connectivity index (χ3v) is 24.9. The normalized spacial score (nSPS) is 20.2. The Morgan fingerprint density at radius 2 is 0.649 bits per heavy atom. The van der Waals surface area contributed by atoms with Crippen molar-refractivity contribution in [3.05, 3.63) is 359 Å². The summed E-state index contributed by atoms with van der Waals surface area (Å²) in [7, 11) is 0. The summed E-state index contributed by atoms with van der Waals surface area (Å²) in [6.45, 7) is 25.9. The third kappa shape index (κ3) is 27.7. The van der Waals surface area contributed by atoms with Gasteiger partial charge < -0.3 is 59.7 Å². The molecule has 0 spiro atoms. The molecule has 3 fully saturated rings. The van der Waals surface area contributed by atoms with Crippen LogP contribution in [0.15, 0.2) is 275 Å². The van der Waals surface area contributed by atoms with Crippen molar-refractivity contribution in [2.45, 2.75) is 242 Å². The van der Waals surface area contributed by atoms with E-state index >= 15 is 0 Å². The van der Waals surface area contributed by atoms with Crippen molar-refractivity contribution in [1.29, 1.82) is 0 Å². The second-order valence-electron chi connectivity index (χ2n) is 37.2. The van der Waals surface area contributed by atoms with Crippen LogP contribution >= 0.6 is 0 Å². The van der Waals surface area contributed by atoms with Gasteiger partial charge in [0.1, 0.15) is 58.9 Å². The molecule has 25 heteroatoms. The maximum Gasteiger partial charge on any atom is 0.411 e. The number of ether oxygens (including phenoxy) is 5. The molecular formula is C109H124F3N9O13. The second-order valence-corrected chi connectivity index (χ2v) is 37.2. The largest absolute Gasteiger partial charge is 0.444 e. The summed E-state index contributed by atoms with van der Waals surface area (Å²) < 4.78 is 71.2. The topological polar surface area (TPSA) is 247 Å². The molecule has 6 heterocycles. The molecule has 4 N–H and O–H groups in total. The lowest BCUT2D eigenvalue weighted by molar-refractivity contribution is -0.139. The molecule has 3 unspecified atom stereocenters. The van der Waals surface area contributed by atoms with Crippen LogP contribution in [0.2, 0.25) is 0 Å². The summed E-state index contributed by atoms with van der Waals surface area (Å²) in [6, 6.07) is 65.7. The maximum absolute atomic E-state index is 14.4. The molecule has 0 bridgehead atoms. The lowest BCUT2D eigenvalue weighted by atomic mass is 9.93. The van der Waals surface area contributed by atoms with E-state index < -0.39 is 83.1 Å². The van der Waals surface area contributed by atoms with Crippen LogP contribution in [0.3, 0.4) is 0 Å². The molecule has 6 aliphatic rings. The Morgan fingerprint density at radius 1 is 0.366 bits per heavy atom. The predicted molar refractivity (Wildman–Crippen MR) is 508 cm³/mol. The molecule has 9 aromatic rings. The highest BCUT2D eigenvalue weighted by molar-refractivity contribution is 5.94. The first kappa shape index (κ1) is 98.7. The minimum atomic E-state index is -0.967. The quantitative estimate of drug-likeness (QED) is 0.0306. The van der Waals surface area contributed by atoms with Crippen LogP contribution in [0.5, 0.6) is 0 Å². The van der Waals surface area contributed by atoms with Crippen molar-refractivity contribution in [3.8, 4) is 0 Å². The monoisotopic (exact) mass is 1820 g/mol. The van der Waals surface area contributed by atoms with E-state index in [1.54, 1.807) is 99.9 Å². The van der Waals surface area contributed by atoms with Gasteiger partial charge in [-0.2, -0.15) is 0 Å². The van der Waals surface area contributed by atoms with Crippen LogP contribution in [-0.2, 0) is 130 Å². The highest BCUT2D eigenvalue weighted by atomic mass is 19.1. The van der Waals surface area contributed by atoms with Crippen LogP contribution in [0.1, 0.15) is 147 Å². The Balaban J connectivity index is 0.000000171. The van der Waals surface area contributed by atoms with Gasteiger partial charge in [-0.25, -0.2) is 22.8 Å². The number of nitrogens with one attached hydrogen (secondary N) is 4. The van der Waals surface area contributed by atoms with E-state index in [0.29, 0.717) is 102 Å². The highest BCUT2D eigenvalue weighted by Gasteiger charge is 2.46. The number of halogens is 3. The molecule has 3 saturated heterocycles. The van der Waals surface area contributed by atoms with Crippen molar-refractivity contribution < 1.29 is 75.2 Å². The number of carbonyl (C=O) groups is 8. The number of hydrogen-bond acceptors (Lipinski definition) is 14. The molecule has 134 heavy (non-hydrogen) atoms. The number of nitrogens with zero attached hydrogens (tertiary/aromatic N) is 5. The Kier molecular flexibility index (Phi) is 34.4. The summed E-state index contributed by atoms with van der Waals surface area (Å²) in [6.07, 6.45) is 9.09. The van der Waals surface area contributed by atoms with Crippen LogP contribution in [0, 0.1) is 17.5 Å². The maximum atomic E-state index is 14.4. The van der Waals surface area contributed by atoms with Crippen molar-refractivity contribution in [2.24, 2.45) is 0 Å². The molecule has 22 nitrogen and oxygen atoms in total. The highest BCUT2D eigenvalue weighted by Crippen LogP contribution is 2.34. The van der Waals surface area contributed by atoms with E-state index in [4.69, 9.17) is 23.7 Å². The fourth-order valence-electron chi connectivity index (χ4n) is 18.2. The molecule has 0 aromatic heterocycles. The number of likely N-dealkylation sites (tertiary alicyclic amines) is 3. The zero-order valence-electron chi connectivity index (χ0n) is 77.3. The third-order valence-electron chi connectivity index (χ3n) is 24.9. The molecule has 15 rings (SSSR count). The van der Waals surface area contributed by atoms with Gasteiger partial charge in [0, 0.05) is 76.4 Å². The second kappa shape index (κ2) is 46.7. The average molecular weight is 1830 g/mol. The molecule has 0 aliphatic carbocycles. The molecule has 8 amide bonds. The zero-order valence-corrected chi connectivity index (χ0v) is 77.3. The summed E-state index contributed by atoms with van der Waals surface area (Å²) in [4.78, 5) is 120. The number of benzene rings is 9. The van der Waals surface area contributed by atoms with Gasteiger partial charge in [0.2, 0.25) is 35.4 Å². The van der Waals surface area contributed by atoms with Crippen LogP contribution < -0.4 is 21.3 Å². The lowest BCUT2D eigenvalue weighted by Crippen LogP contribution is -2.58. The Morgan fingerprint density at radius 3 is 0.955 bits per heavy atom. The molecule has 6 aliphatic heterocycles. The summed E-state index contributed by atoms with van der Waals surface area (Å²) in [5.41, 5.74) is 9.91. The summed E-state index contributed by atoms with van der Waals surface area (Å²) in [5, 5.41) is 12.3. The van der Waals surface area contributed by atoms with Gasteiger partial charge in [-0.3, -0.25) is 38.6 Å². The average Bonchev–Trinajstić information content (AvgIpc) is 1.02. The van der Waals surface area contributed by atoms with Crippen molar-refractivity contribution in [3.63, 3.8) is 0 Å². The number of fused-ring (bicyclic) bond motifs is 3. The fraction of sp³-hybridized carbons (Fsp3) is 0.376. The van der Waals surface area contributed by atoms with Crippen molar-refractivity contribution >= 4 is 47.6 Å². The zero-order chi connectivity index (χ0) is 95.0. The first-order valence-electron chi connectivity index (χ1n) is 46.3. The first-order valence-corrected chi connectivity index (χ1v) is 46.3. The summed E-state index contributed by atoms with van der Waals surface area (Å²) >= 11 is 0. The van der Waals surface area contributed by atoms with E-state index in [9.17, 15) is 51.5 Å². The Labute approximate surface area is 784 Å². The van der Waals surface area contributed by atoms with Crippen LogP contribution in [0.4, 0.5) is 22.8 Å². The van der Waals surface area contributed by atoms with Crippen LogP contribution in [0.25, 0.3) is 0 Å². The molecule has 0 radical (unpaired) electrons. The van der Waals surface area contributed by atoms with Gasteiger partial charge in [0.05, 0.1) is 57.3 Å². The smallest absolute Gasteiger partial charge is 0.411 e. The number of amides is 8. The summed E-state index contributed by atoms with van der Waals surface area (Å²) in [5.74, 6) is -2.94. The number of hydrogen-bond donors (Lipinski definition) is 4. The van der Waals surface area contributed by atoms with E-state index in [0.717, 1.165) is 50.1 Å². The van der Waals surface area contributed by atoms with Crippen molar-refractivity contribution in [2.75, 3.05) is 19.6 Å². The minimum absolute atomic E-state index is 0.0712. The first-order chi connectivity index (χ1) is 64.5. The minimum Gasteiger partial charge on any atom is -0.444 e. The SMILES string of the molecule is C=CC[C@H]1C[C@@H](OCc2ccccc2)CN1C(=O)[C@@H](Cc1ccc(F)cc1)NC(=O)C1Cc2ccccc2CN1.C=CC[C@H]1C[C@@H](OCc2ccccc2)CN1C(=O)[C@@H](Cc1ccc(F)cc1)NC(=O)C1Cc2ccccc2CN1C(=O)OC(C)(C)C.C=CC[C@H]1C[C@@H](OCc2ccccc2)CN1C(=O)[C@@H](Cc1ccc(F)cc1)NC(=O)C1Cc2ccccc2CN1C(=O)OC(C)(C)C. The number of rotatable bonds is 30. The Bertz CT molecular complexity index is 5260.